The highest BCUT2D eigenvalue weighted by Crippen LogP contribution is 2.26. The first-order chi connectivity index (χ1) is 16.2. The summed E-state index contributed by atoms with van der Waals surface area (Å²) in [7, 11) is 0. The lowest BCUT2D eigenvalue weighted by Crippen LogP contribution is -2.35. The highest BCUT2D eigenvalue weighted by Gasteiger charge is 2.16. The van der Waals surface area contributed by atoms with E-state index in [0.717, 1.165) is 5.56 Å². The van der Waals surface area contributed by atoms with Crippen LogP contribution in [0.15, 0.2) is 48.5 Å². The predicted molar refractivity (Wildman–Crippen MR) is 129 cm³/mol. The third kappa shape index (κ3) is 10.2. The zero-order chi connectivity index (χ0) is 25.0. The summed E-state index contributed by atoms with van der Waals surface area (Å²) >= 11 is 0. The molecule has 0 heterocycles. The van der Waals surface area contributed by atoms with Crippen LogP contribution >= 0.6 is 0 Å². The number of alkyl carbamates (subject to hydrolysis) is 1. The van der Waals surface area contributed by atoms with Gasteiger partial charge in [-0.2, -0.15) is 0 Å². The van der Waals surface area contributed by atoms with Crippen molar-refractivity contribution in [2.45, 2.75) is 46.3 Å². The monoisotopic (exact) mass is 471 g/mol. The Bertz CT molecular complexity index is 954. The van der Waals surface area contributed by atoms with E-state index < -0.39 is 11.7 Å². The third-order valence-corrected chi connectivity index (χ3v) is 4.26. The van der Waals surface area contributed by atoms with Gasteiger partial charge in [0.2, 0.25) is 5.91 Å². The molecule has 0 aliphatic carbocycles. The number of amides is 3. The minimum atomic E-state index is -0.583. The predicted octanol–water partition coefficient (Wildman–Crippen LogP) is 3.63. The van der Waals surface area contributed by atoms with Crippen molar-refractivity contribution in [2.75, 3.05) is 25.1 Å². The largest absolute Gasteiger partial charge is 0.490 e. The van der Waals surface area contributed by atoms with Crippen LogP contribution in [0.5, 0.6) is 11.5 Å². The van der Waals surface area contributed by atoms with Gasteiger partial charge >= 0.3 is 6.09 Å². The highest BCUT2D eigenvalue weighted by atomic mass is 16.6. The molecule has 9 heteroatoms. The molecule has 0 aliphatic heterocycles. The van der Waals surface area contributed by atoms with E-state index in [1.807, 2.05) is 19.1 Å². The molecule has 3 N–H and O–H groups in total. The van der Waals surface area contributed by atoms with Crippen LogP contribution in [0.3, 0.4) is 0 Å². The molecule has 0 saturated carbocycles. The van der Waals surface area contributed by atoms with E-state index in [1.54, 1.807) is 57.2 Å². The number of carbonyl (C=O) groups excluding carboxylic acids is 3. The molecule has 0 spiro atoms. The number of carbonyl (C=O) groups is 3. The molecule has 0 aliphatic rings. The Morgan fingerprint density at radius 1 is 0.853 bits per heavy atom. The molecular formula is C25H33N3O6. The van der Waals surface area contributed by atoms with Crippen LogP contribution in [0.4, 0.5) is 10.5 Å². The quantitative estimate of drug-likeness (QED) is 0.461. The van der Waals surface area contributed by atoms with E-state index in [-0.39, 0.29) is 31.4 Å². The van der Waals surface area contributed by atoms with Gasteiger partial charge < -0.3 is 30.2 Å². The summed E-state index contributed by atoms with van der Waals surface area (Å²) in [4.78, 5) is 35.7. The van der Waals surface area contributed by atoms with Gasteiger partial charge in [-0.3, -0.25) is 9.59 Å². The van der Waals surface area contributed by atoms with E-state index in [4.69, 9.17) is 14.2 Å². The fourth-order valence-electron chi connectivity index (χ4n) is 2.77. The molecule has 0 fully saturated rings. The van der Waals surface area contributed by atoms with E-state index in [0.29, 0.717) is 30.3 Å². The first kappa shape index (κ1) is 26.5. The van der Waals surface area contributed by atoms with Crippen molar-refractivity contribution in [3.8, 4) is 11.5 Å². The van der Waals surface area contributed by atoms with E-state index >= 15 is 0 Å². The van der Waals surface area contributed by atoms with Gasteiger partial charge in [-0.05, 0) is 57.5 Å². The first-order valence-corrected chi connectivity index (χ1v) is 11.1. The Morgan fingerprint density at radius 3 is 2.12 bits per heavy atom. The van der Waals surface area contributed by atoms with Crippen LogP contribution in [0.1, 0.15) is 39.7 Å². The van der Waals surface area contributed by atoms with Gasteiger partial charge in [-0.25, -0.2) is 4.79 Å². The fourth-order valence-corrected chi connectivity index (χ4v) is 2.77. The number of hydrogen-bond donors (Lipinski definition) is 3. The lowest BCUT2D eigenvalue weighted by molar-refractivity contribution is -0.121. The van der Waals surface area contributed by atoms with Crippen LogP contribution in [-0.2, 0) is 20.9 Å². The molecule has 34 heavy (non-hydrogen) atoms. The van der Waals surface area contributed by atoms with Gasteiger partial charge in [0.15, 0.2) is 18.1 Å². The fraction of sp³-hybridized carbons (Fsp3) is 0.400. The van der Waals surface area contributed by atoms with Crippen LogP contribution in [0.25, 0.3) is 0 Å². The Hall–Kier alpha value is -3.75. The van der Waals surface area contributed by atoms with Crippen molar-refractivity contribution in [1.82, 2.24) is 10.6 Å². The summed E-state index contributed by atoms with van der Waals surface area (Å²) in [6, 6.07) is 14.3. The maximum atomic E-state index is 12.2. The molecule has 184 valence electrons. The minimum Gasteiger partial charge on any atom is -0.490 e. The Balaban J connectivity index is 1.70. The maximum Gasteiger partial charge on any atom is 0.407 e. The highest BCUT2D eigenvalue weighted by molar-refractivity contribution is 5.91. The van der Waals surface area contributed by atoms with Gasteiger partial charge in [0, 0.05) is 25.2 Å². The summed E-state index contributed by atoms with van der Waals surface area (Å²) in [6.45, 7) is 8.05. The molecule has 0 unspecified atom stereocenters. The van der Waals surface area contributed by atoms with Gasteiger partial charge in [0.05, 0.1) is 6.61 Å². The number of anilines is 1. The van der Waals surface area contributed by atoms with Gasteiger partial charge in [-0.1, -0.05) is 24.3 Å². The number of benzene rings is 2. The second kappa shape index (κ2) is 13.1. The summed E-state index contributed by atoms with van der Waals surface area (Å²) < 4.78 is 16.2. The molecule has 2 rings (SSSR count). The average molecular weight is 472 g/mol. The molecule has 2 aromatic carbocycles. The maximum absolute atomic E-state index is 12.2. The second-order valence-electron chi connectivity index (χ2n) is 8.37. The Morgan fingerprint density at radius 2 is 1.50 bits per heavy atom. The SMILES string of the molecule is CCOc1ccccc1OCC(=O)Nc1ccc(CNC(=O)CCNC(=O)OC(C)(C)C)cc1. The Kier molecular flexibility index (Phi) is 10.2. The van der Waals surface area contributed by atoms with Crippen LogP contribution < -0.4 is 25.4 Å². The molecule has 9 nitrogen and oxygen atoms in total. The number of para-hydroxylation sites is 2. The average Bonchev–Trinajstić information content (AvgIpc) is 2.77. The van der Waals surface area contributed by atoms with Crippen molar-refractivity contribution >= 4 is 23.6 Å². The number of hydrogen-bond acceptors (Lipinski definition) is 6. The van der Waals surface area contributed by atoms with Gasteiger partial charge in [-0.15, -0.1) is 0 Å². The number of rotatable bonds is 11. The minimum absolute atomic E-state index is 0.139. The molecule has 3 amide bonds. The van der Waals surface area contributed by atoms with Crippen molar-refractivity contribution in [3.63, 3.8) is 0 Å². The van der Waals surface area contributed by atoms with Crippen LogP contribution in [-0.4, -0.2) is 43.3 Å². The van der Waals surface area contributed by atoms with Crippen LogP contribution in [0.2, 0.25) is 0 Å². The third-order valence-electron chi connectivity index (χ3n) is 4.26. The van der Waals surface area contributed by atoms with E-state index in [1.165, 1.54) is 0 Å². The van der Waals surface area contributed by atoms with Crippen molar-refractivity contribution < 1.29 is 28.6 Å². The van der Waals surface area contributed by atoms with Crippen molar-refractivity contribution in [2.24, 2.45) is 0 Å². The van der Waals surface area contributed by atoms with Crippen LogP contribution in [0, 0.1) is 0 Å². The first-order valence-electron chi connectivity index (χ1n) is 11.1. The van der Waals surface area contributed by atoms with E-state index in [9.17, 15) is 14.4 Å². The lowest BCUT2D eigenvalue weighted by Gasteiger charge is -2.19. The second-order valence-corrected chi connectivity index (χ2v) is 8.37. The smallest absolute Gasteiger partial charge is 0.407 e. The molecule has 0 aromatic heterocycles. The number of ether oxygens (including phenoxy) is 3. The number of nitrogens with one attached hydrogen (secondary N) is 3. The molecule has 0 bridgehead atoms. The topological polar surface area (TPSA) is 115 Å². The van der Waals surface area contributed by atoms with E-state index in [2.05, 4.69) is 16.0 Å². The summed E-state index contributed by atoms with van der Waals surface area (Å²) in [5.74, 6) is 0.597. The van der Waals surface area contributed by atoms with Crippen molar-refractivity contribution in [1.29, 1.82) is 0 Å². The standard InChI is InChI=1S/C25H33N3O6/c1-5-32-20-8-6-7-9-21(20)33-17-23(30)28-19-12-10-18(11-13-19)16-27-22(29)14-15-26-24(31)34-25(2,3)4/h6-13H,5,14-17H2,1-4H3,(H,26,31)(H,27,29)(H,28,30). The zero-order valence-electron chi connectivity index (χ0n) is 20.1. The summed E-state index contributed by atoms with van der Waals surface area (Å²) in [5.41, 5.74) is 0.900. The van der Waals surface area contributed by atoms with Gasteiger partial charge in [0.1, 0.15) is 5.60 Å². The normalized spacial score (nSPS) is 10.7. The molecule has 0 saturated heterocycles. The summed E-state index contributed by atoms with van der Waals surface area (Å²) in [5, 5.41) is 8.10. The van der Waals surface area contributed by atoms with Gasteiger partial charge in [0.25, 0.3) is 5.91 Å². The molecule has 0 radical (unpaired) electrons. The Labute approximate surface area is 200 Å². The lowest BCUT2D eigenvalue weighted by atomic mass is 10.2. The molecule has 2 aromatic rings. The molecular weight excluding hydrogens is 438 g/mol. The summed E-state index contributed by atoms with van der Waals surface area (Å²) in [6.07, 6.45) is -0.415. The molecule has 0 atom stereocenters. The van der Waals surface area contributed by atoms with Crippen molar-refractivity contribution in [3.05, 3.63) is 54.1 Å². The zero-order valence-corrected chi connectivity index (χ0v) is 20.1.